The summed E-state index contributed by atoms with van der Waals surface area (Å²) in [6.07, 6.45) is 7.47. The molecule has 5 rings (SSSR count). The monoisotopic (exact) mass is 385 g/mol. The fourth-order valence-corrected chi connectivity index (χ4v) is 8.27. The summed E-state index contributed by atoms with van der Waals surface area (Å²) in [5, 5.41) is 21.3. The molecule has 1 heterocycles. The van der Waals surface area contributed by atoms with Gasteiger partial charge in [-0.3, -0.25) is 4.79 Å². The number of epoxide rings is 1. The summed E-state index contributed by atoms with van der Waals surface area (Å²) in [5.74, 6) is 1.31. The second-order valence-corrected chi connectivity index (χ2v) is 10.4. The van der Waals surface area contributed by atoms with Crippen LogP contribution in [0.2, 0.25) is 0 Å². The first-order valence-corrected chi connectivity index (χ1v) is 10.8. The fraction of sp³-hybridized carbons (Fsp3) is 0.826. The van der Waals surface area contributed by atoms with Crippen molar-refractivity contribution in [3.63, 3.8) is 0 Å². The Labute approximate surface area is 167 Å². The van der Waals surface area contributed by atoms with Crippen molar-refractivity contribution in [2.45, 2.75) is 76.1 Å². The quantitative estimate of drug-likeness (QED) is 0.738. The molecule has 5 aliphatic rings. The minimum absolute atomic E-state index is 0.0728. The Kier molecular flexibility index (Phi) is 3.81. The molecule has 1 spiro atoms. The number of fused-ring (bicyclic) bond motifs is 6. The SMILES string of the molecule is COCC1(C#N)O[C@@]12CC[C@H]1[C@@H]3CCC4=CC(=O)CC[C@]4(C)[C@H]3C(O)C[C@@]12C. The average Bonchev–Trinajstić information content (AvgIpc) is 3.21. The highest BCUT2D eigenvalue weighted by Crippen LogP contribution is 2.75. The van der Waals surface area contributed by atoms with Gasteiger partial charge < -0.3 is 14.6 Å². The Morgan fingerprint density at radius 2 is 2.11 bits per heavy atom. The first kappa shape index (κ1) is 18.8. The largest absolute Gasteiger partial charge is 0.393 e. The van der Waals surface area contributed by atoms with Crippen LogP contribution in [0.3, 0.4) is 0 Å². The lowest BCUT2D eigenvalue weighted by atomic mass is 9.45. The van der Waals surface area contributed by atoms with Crippen molar-refractivity contribution in [3.05, 3.63) is 11.6 Å². The molecule has 0 bridgehead atoms. The zero-order chi connectivity index (χ0) is 19.9. The van der Waals surface area contributed by atoms with Crippen LogP contribution >= 0.6 is 0 Å². The van der Waals surface area contributed by atoms with Gasteiger partial charge in [-0.15, -0.1) is 0 Å². The average molecular weight is 386 g/mol. The molecular weight excluding hydrogens is 354 g/mol. The van der Waals surface area contributed by atoms with E-state index >= 15 is 0 Å². The standard InChI is InChI=1S/C23H31NO4/c1-20-8-6-15(25)10-14(20)4-5-16-17-7-9-23(22(12-24,28-23)13-27-3)21(17,2)11-18(26)19(16)20/h10,16-19,26H,4-9,11,13H2,1-3H3/t16-,17-,18?,19+,20-,21-,22?,23+/m0/s1. The lowest BCUT2D eigenvalue weighted by molar-refractivity contribution is -0.136. The van der Waals surface area contributed by atoms with Crippen LogP contribution in [0.5, 0.6) is 0 Å². The van der Waals surface area contributed by atoms with Gasteiger partial charge in [0.2, 0.25) is 5.60 Å². The molecule has 0 aromatic rings. The van der Waals surface area contributed by atoms with Crippen LogP contribution < -0.4 is 0 Å². The maximum Gasteiger partial charge on any atom is 0.207 e. The number of ether oxygens (including phenoxy) is 2. The molecule has 0 aromatic carbocycles. The molecule has 4 fully saturated rings. The number of aliphatic hydroxyl groups is 1. The highest BCUT2D eigenvalue weighted by atomic mass is 16.7. The number of nitrogens with zero attached hydrogens (tertiary/aromatic N) is 1. The zero-order valence-electron chi connectivity index (χ0n) is 17.2. The van der Waals surface area contributed by atoms with E-state index in [2.05, 4.69) is 19.9 Å². The van der Waals surface area contributed by atoms with E-state index in [9.17, 15) is 15.2 Å². The van der Waals surface area contributed by atoms with Gasteiger partial charge in [0.1, 0.15) is 11.7 Å². The van der Waals surface area contributed by atoms with Gasteiger partial charge >= 0.3 is 0 Å². The van der Waals surface area contributed by atoms with E-state index in [0.29, 0.717) is 31.3 Å². The number of allylic oxidation sites excluding steroid dienone is 1. The van der Waals surface area contributed by atoms with Gasteiger partial charge in [0.05, 0.1) is 12.7 Å². The van der Waals surface area contributed by atoms with E-state index in [4.69, 9.17) is 9.47 Å². The third-order valence-corrected chi connectivity index (χ3v) is 9.50. The van der Waals surface area contributed by atoms with Crippen LogP contribution in [0.25, 0.3) is 0 Å². The van der Waals surface area contributed by atoms with Crippen molar-refractivity contribution in [1.29, 1.82) is 5.26 Å². The molecule has 0 aromatic heterocycles. The van der Waals surface area contributed by atoms with Gasteiger partial charge in [0.15, 0.2) is 5.78 Å². The van der Waals surface area contributed by atoms with Gasteiger partial charge in [0, 0.05) is 18.9 Å². The Morgan fingerprint density at radius 1 is 1.32 bits per heavy atom. The third kappa shape index (κ3) is 2.00. The number of carbonyl (C=O) groups excluding carboxylic acids is 1. The minimum Gasteiger partial charge on any atom is -0.393 e. The number of hydrogen-bond acceptors (Lipinski definition) is 5. The molecule has 1 aliphatic heterocycles. The van der Waals surface area contributed by atoms with E-state index in [1.54, 1.807) is 7.11 Å². The van der Waals surface area contributed by atoms with Gasteiger partial charge in [0.25, 0.3) is 0 Å². The van der Waals surface area contributed by atoms with E-state index in [1.807, 2.05) is 6.08 Å². The lowest BCUT2D eigenvalue weighted by Crippen LogP contribution is -2.58. The molecular formula is C23H31NO4. The van der Waals surface area contributed by atoms with Gasteiger partial charge in [-0.1, -0.05) is 19.4 Å². The molecule has 2 unspecified atom stereocenters. The smallest absolute Gasteiger partial charge is 0.207 e. The van der Waals surface area contributed by atoms with Crippen LogP contribution in [0.1, 0.15) is 58.8 Å². The number of carbonyl (C=O) groups is 1. The highest BCUT2D eigenvalue weighted by Gasteiger charge is 2.83. The predicted octanol–water partition coefficient (Wildman–Crippen LogP) is 3.17. The fourth-order valence-electron chi connectivity index (χ4n) is 8.27. The normalized spacial score (nSPS) is 54.4. The zero-order valence-corrected chi connectivity index (χ0v) is 17.2. The molecule has 28 heavy (non-hydrogen) atoms. The van der Waals surface area contributed by atoms with Crippen LogP contribution in [0.4, 0.5) is 0 Å². The van der Waals surface area contributed by atoms with Crippen LogP contribution in [0, 0.1) is 39.9 Å². The number of nitriles is 1. The third-order valence-electron chi connectivity index (χ3n) is 9.50. The van der Waals surface area contributed by atoms with E-state index in [-0.39, 0.29) is 22.5 Å². The summed E-state index contributed by atoms with van der Waals surface area (Å²) in [4.78, 5) is 12.0. The number of ketones is 1. The van der Waals surface area contributed by atoms with Crippen molar-refractivity contribution < 1.29 is 19.4 Å². The van der Waals surface area contributed by atoms with E-state index in [0.717, 1.165) is 32.1 Å². The van der Waals surface area contributed by atoms with Crippen molar-refractivity contribution in [2.75, 3.05) is 13.7 Å². The second-order valence-electron chi connectivity index (χ2n) is 10.4. The van der Waals surface area contributed by atoms with E-state index in [1.165, 1.54) is 5.57 Å². The summed E-state index contributed by atoms with van der Waals surface area (Å²) < 4.78 is 11.6. The molecule has 0 amide bonds. The van der Waals surface area contributed by atoms with Crippen LogP contribution in [0.15, 0.2) is 11.6 Å². The predicted molar refractivity (Wildman–Crippen MR) is 102 cm³/mol. The number of hydrogen-bond donors (Lipinski definition) is 1. The molecule has 3 saturated carbocycles. The highest BCUT2D eigenvalue weighted by molar-refractivity contribution is 5.91. The second kappa shape index (κ2) is 5.68. The topological polar surface area (TPSA) is 82.8 Å². The van der Waals surface area contributed by atoms with Crippen LogP contribution in [-0.4, -0.2) is 41.9 Å². The summed E-state index contributed by atoms with van der Waals surface area (Å²) >= 11 is 0. The molecule has 0 radical (unpaired) electrons. The van der Waals surface area contributed by atoms with Crippen LogP contribution in [-0.2, 0) is 14.3 Å². The molecule has 5 heteroatoms. The van der Waals surface area contributed by atoms with Gasteiger partial charge in [-0.05, 0) is 67.8 Å². The maximum atomic E-state index is 12.0. The number of aliphatic hydroxyl groups excluding tert-OH is 1. The molecule has 5 nitrogen and oxygen atoms in total. The Balaban J connectivity index is 1.52. The van der Waals surface area contributed by atoms with E-state index < -0.39 is 17.3 Å². The first-order valence-electron chi connectivity index (χ1n) is 10.8. The minimum atomic E-state index is -0.862. The van der Waals surface area contributed by atoms with Crippen molar-refractivity contribution in [2.24, 2.45) is 28.6 Å². The number of rotatable bonds is 2. The summed E-state index contributed by atoms with van der Waals surface area (Å²) in [6.45, 7) is 4.82. The maximum absolute atomic E-state index is 12.0. The Hall–Kier alpha value is -1.22. The molecule has 1 N–H and O–H groups in total. The Bertz CT molecular complexity index is 801. The molecule has 152 valence electrons. The lowest BCUT2D eigenvalue weighted by Gasteiger charge is -2.59. The molecule has 1 saturated heterocycles. The summed E-state index contributed by atoms with van der Waals surface area (Å²) in [7, 11) is 1.62. The molecule has 4 aliphatic carbocycles. The first-order chi connectivity index (χ1) is 13.3. The van der Waals surface area contributed by atoms with Crippen molar-refractivity contribution in [1.82, 2.24) is 0 Å². The Morgan fingerprint density at radius 3 is 2.82 bits per heavy atom. The van der Waals surface area contributed by atoms with Gasteiger partial charge in [-0.25, -0.2) is 0 Å². The molecule has 8 atom stereocenters. The van der Waals surface area contributed by atoms with Crippen molar-refractivity contribution in [3.8, 4) is 6.07 Å². The van der Waals surface area contributed by atoms with Crippen molar-refractivity contribution >= 4 is 5.78 Å². The summed E-state index contributed by atoms with van der Waals surface area (Å²) in [5.41, 5.74) is -0.367. The summed E-state index contributed by atoms with van der Waals surface area (Å²) in [6, 6.07) is 2.41. The number of methoxy groups -OCH3 is 1. The van der Waals surface area contributed by atoms with Gasteiger partial charge in [-0.2, -0.15) is 5.26 Å².